The molecule has 0 aromatic carbocycles. The summed E-state index contributed by atoms with van der Waals surface area (Å²) in [5, 5.41) is 2.84. The maximum absolute atomic E-state index is 11.2. The van der Waals surface area contributed by atoms with E-state index in [-0.39, 0.29) is 11.3 Å². The molecule has 1 atom stereocenters. The molecule has 78 valence electrons. The zero-order valence-corrected chi connectivity index (χ0v) is 9.35. The van der Waals surface area contributed by atoms with E-state index in [4.69, 9.17) is 5.73 Å². The van der Waals surface area contributed by atoms with Gasteiger partial charge in [0.05, 0.1) is 6.04 Å². The van der Waals surface area contributed by atoms with E-state index in [1.54, 1.807) is 6.92 Å². The van der Waals surface area contributed by atoms with Crippen LogP contribution in [0.5, 0.6) is 0 Å². The molecule has 0 aromatic rings. The Morgan fingerprint density at radius 2 is 1.85 bits per heavy atom. The first-order valence-corrected chi connectivity index (χ1v) is 4.80. The fourth-order valence-electron chi connectivity index (χ4n) is 0.680. The first kappa shape index (κ1) is 12.4. The Morgan fingerprint density at radius 3 is 2.15 bits per heavy atom. The van der Waals surface area contributed by atoms with E-state index in [0.29, 0.717) is 12.5 Å². The van der Waals surface area contributed by atoms with Crippen molar-refractivity contribution in [3.8, 4) is 0 Å². The van der Waals surface area contributed by atoms with Gasteiger partial charge in [0.2, 0.25) is 5.91 Å². The maximum atomic E-state index is 11.2. The quantitative estimate of drug-likeness (QED) is 0.691. The number of nitrogens with one attached hydrogen (secondary N) is 1. The molecule has 0 aliphatic carbocycles. The molecule has 3 heteroatoms. The van der Waals surface area contributed by atoms with Gasteiger partial charge in [0.25, 0.3) is 0 Å². The van der Waals surface area contributed by atoms with Crippen LogP contribution in [0.25, 0.3) is 0 Å². The van der Waals surface area contributed by atoms with Crippen molar-refractivity contribution in [1.29, 1.82) is 0 Å². The van der Waals surface area contributed by atoms with Crippen LogP contribution in [0, 0.1) is 11.3 Å². The van der Waals surface area contributed by atoms with E-state index in [0.717, 1.165) is 0 Å². The molecule has 0 saturated carbocycles. The molecule has 3 nitrogen and oxygen atoms in total. The second-order valence-corrected chi connectivity index (χ2v) is 4.65. The summed E-state index contributed by atoms with van der Waals surface area (Å²) in [5.74, 6) is 0.467. The van der Waals surface area contributed by atoms with Crippen LogP contribution in [0.3, 0.4) is 0 Å². The van der Waals surface area contributed by atoms with Gasteiger partial charge in [-0.05, 0) is 18.3 Å². The van der Waals surface area contributed by atoms with Crippen LogP contribution in [-0.2, 0) is 4.79 Å². The third kappa shape index (κ3) is 4.27. The topological polar surface area (TPSA) is 55.1 Å². The lowest BCUT2D eigenvalue weighted by Crippen LogP contribution is -2.43. The zero-order chi connectivity index (χ0) is 10.6. The normalized spacial score (nSPS) is 14.4. The van der Waals surface area contributed by atoms with Gasteiger partial charge in [0.15, 0.2) is 0 Å². The van der Waals surface area contributed by atoms with Crippen molar-refractivity contribution < 1.29 is 4.79 Å². The summed E-state index contributed by atoms with van der Waals surface area (Å²) in [6.45, 7) is 11.0. The predicted molar refractivity (Wildman–Crippen MR) is 55.3 cm³/mol. The van der Waals surface area contributed by atoms with Crippen LogP contribution >= 0.6 is 0 Å². The van der Waals surface area contributed by atoms with Crippen molar-refractivity contribution in [1.82, 2.24) is 5.32 Å². The van der Waals surface area contributed by atoms with E-state index in [2.05, 4.69) is 33.0 Å². The molecular formula is C10H22N2O. The van der Waals surface area contributed by atoms with E-state index >= 15 is 0 Å². The molecule has 0 aromatic heterocycles. The second kappa shape index (κ2) is 4.61. The lowest BCUT2D eigenvalue weighted by atomic mass is 9.81. The number of nitrogens with two attached hydrogens (primary N) is 1. The summed E-state index contributed by atoms with van der Waals surface area (Å²) < 4.78 is 0. The van der Waals surface area contributed by atoms with Gasteiger partial charge in [0, 0.05) is 6.54 Å². The molecule has 0 saturated heterocycles. The largest absolute Gasteiger partial charge is 0.354 e. The molecule has 0 radical (unpaired) electrons. The fourth-order valence-corrected chi connectivity index (χ4v) is 0.680. The van der Waals surface area contributed by atoms with Crippen molar-refractivity contribution in [2.24, 2.45) is 17.1 Å². The Balaban J connectivity index is 3.95. The van der Waals surface area contributed by atoms with E-state index in [1.165, 1.54) is 0 Å². The molecule has 1 unspecified atom stereocenters. The first-order valence-electron chi connectivity index (χ1n) is 4.80. The van der Waals surface area contributed by atoms with Crippen molar-refractivity contribution in [2.45, 2.75) is 40.7 Å². The number of rotatable bonds is 4. The highest BCUT2D eigenvalue weighted by molar-refractivity contribution is 5.80. The number of carbonyl (C=O) groups is 1. The molecule has 0 rings (SSSR count). The van der Waals surface area contributed by atoms with Crippen molar-refractivity contribution in [3.63, 3.8) is 0 Å². The summed E-state index contributed by atoms with van der Waals surface area (Å²) in [6.07, 6.45) is 0. The Kier molecular flexibility index (Phi) is 4.40. The maximum Gasteiger partial charge on any atom is 0.236 e. The van der Waals surface area contributed by atoms with Gasteiger partial charge < -0.3 is 11.1 Å². The number of carbonyl (C=O) groups excluding carboxylic acids is 1. The van der Waals surface area contributed by atoms with Gasteiger partial charge in [-0.1, -0.05) is 27.7 Å². The summed E-state index contributed by atoms with van der Waals surface area (Å²) in [4.78, 5) is 11.2. The zero-order valence-electron chi connectivity index (χ0n) is 9.35. The van der Waals surface area contributed by atoms with Gasteiger partial charge in [-0.3, -0.25) is 4.79 Å². The summed E-state index contributed by atoms with van der Waals surface area (Å²) in [7, 11) is 0. The summed E-state index contributed by atoms with van der Waals surface area (Å²) in [5.41, 5.74) is 5.56. The minimum Gasteiger partial charge on any atom is -0.354 e. The van der Waals surface area contributed by atoms with Crippen molar-refractivity contribution >= 4 is 5.91 Å². The number of hydrogen-bond acceptors (Lipinski definition) is 2. The predicted octanol–water partition coefficient (Wildman–Crippen LogP) is 1.13. The highest BCUT2D eigenvalue weighted by Gasteiger charge is 2.23. The van der Waals surface area contributed by atoms with Gasteiger partial charge in [0.1, 0.15) is 0 Å². The van der Waals surface area contributed by atoms with Gasteiger partial charge >= 0.3 is 0 Å². The van der Waals surface area contributed by atoms with Crippen molar-refractivity contribution in [3.05, 3.63) is 0 Å². The lowest BCUT2D eigenvalue weighted by Gasteiger charge is -2.29. The standard InChI is InChI=1S/C10H22N2O/c1-7(2)10(4,5)6-12-9(13)8(3)11/h7-8H,6,11H2,1-5H3,(H,12,13). The Bertz CT molecular complexity index is 174. The molecule has 13 heavy (non-hydrogen) atoms. The third-order valence-electron chi connectivity index (χ3n) is 2.69. The van der Waals surface area contributed by atoms with Crippen LogP contribution in [0.2, 0.25) is 0 Å². The molecule has 3 N–H and O–H groups in total. The summed E-state index contributed by atoms with van der Waals surface area (Å²) >= 11 is 0. The van der Waals surface area contributed by atoms with Gasteiger partial charge in [-0.25, -0.2) is 0 Å². The van der Waals surface area contributed by atoms with E-state index in [1.807, 2.05) is 0 Å². The molecule has 0 aliphatic rings. The smallest absolute Gasteiger partial charge is 0.236 e. The van der Waals surface area contributed by atoms with Crippen LogP contribution in [0.15, 0.2) is 0 Å². The van der Waals surface area contributed by atoms with Gasteiger partial charge in [-0.15, -0.1) is 0 Å². The van der Waals surface area contributed by atoms with Gasteiger partial charge in [-0.2, -0.15) is 0 Å². The Labute approximate surface area is 81.1 Å². The molecule has 1 amide bonds. The molecular weight excluding hydrogens is 164 g/mol. The molecule has 0 aliphatic heterocycles. The Hall–Kier alpha value is -0.570. The highest BCUT2D eigenvalue weighted by Crippen LogP contribution is 2.24. The van der Waals surface area contributed by atoms with E-state index in [9.17, 15) is 4.79 Å². The fraction of sp³-hybridized carbons (Fsp3) is 0.900. The molecule has 0 spiro atoms. The lowest BCUT2D eigenvalue weighted by molar-refractivity contribution is -0.122. The van der Waals surface area contributed by atoms with Crippen LogP contribution in [0.1, 0.15) is 34.6 Å². The van der Waals surface area contributed by atoms with Crippen LogP contribution in [0.4, 0.5) is 0 Å². The van der Waals surface area contributed by atoms with E-state index < -0.39 is 6.04 Å². The van der Waals surface area contributed by atoms with Crippen molar-refractivity contribution in [2.75, 3.05) is 6.54 Å². The molecule has 0 heterocycles. The molecule has 0 bridgehead atoms. The van der Waals surface area contributed by atoms with Crippen LogP contribution in [-0.4, -0.2) is 18.5 Å². The Morgan fingerprint density at radius 1 is 1.38 bits per heavy atom. The second-order valence-electron chi connectivity index (χ2n) is 4.65. The summed E-state index contributed by atoms with van der Waals surface area (Å²) in [6, 6.07) is -0.414. The monoisotopic (exact) mass is 186 g/mol. The minimum atomic E-state index is -0.414. The number of hydrogen-bond donors (Lipinski definition) is 2. The number of amides is 1. The first-order chi connectivity index (χ1) is 5.77. The SMILES string of the molecule is CC(N)C(=O)NCC(C)(C)C(C)C. The average Bonchev–Trinajstić information content (AvgIpc) is 1.99. The average molecular weight is 186 g/mol. The highest BCUT2D eigenvalue weighted by atomic mass is 16.2. The third-order valence-corrected chi connectivity index (χ3v) is 2.69. The van der Waals surface area contributed by atoms with Crippen LogP contribution < -0.4 is 11.1 Å². The minimum absolute atomic E-state index is 0.0753. The molecule has 0 fully saturated rings.